The van der Waals surface area contributed by atoms with Crippen LogP contribution in [0.25, 0.3) is 0 Å². The molecular formula is C9H10BrNO3S. The maximum Gasteiger partial charge on any atom is 0.264 e. The Morgan fingerprint density at radius 3 is 2.47 bits per heavy atom. The summed E-state index contributed by atoms with van der Waals surface area (Å²) in [6, 6.07) is 4.87. The minimum Gasteiger partial charge on any atom is -0.268 e. The van der Waals surface area contributed by atoms with E-state index in [1.165, 1.54) is 0 Å². The molecule has 0 aliphatic rings. The SMILES string of the molecule is Cc1cc(C(=O)NS(C)(=O)=O)ccc1Br. The molecule has 0 saturated carbocycles. The molecule has 0 aliphatic heterocycles. The molecule has 1 rings (SSSR count). The molecule has 4 nitrogen and oxygen atoms in total. The zero-order chi connectivity index (χ0) is 11.6. The van der Waals surface area contributed by atoms with Gasteiger partial charge in [0, 0.05) is 10.0 Å². The van der Waals surface area contributed by atoms with Gasteiger partial charge in [-0.05, 0) is 30.7 Å². The molecule has 0 spiro atoms. The van der Waals surface area contributed by atoms with Gasteiger partial charge in [0.05, 0.1) is 6.26 Å². The van der Waals surface area contributed by atoms with Gasteiger partial charge in [-0.2, -0.15) is 0 Å². The van der Waals surface area contributed by atoms with Crippen LogP contribution in [0.2, 0.25) is 0 Å². The summed E-state index contributed by atoms with van der Waals surface area (Å²) >= 11 is 3.29. The third-order valence-electron chi connectivity index (χ3n) is 1.70. The molecule has 0 atom stereocenters. The smallest absolute Gasteiger partial charge is 0.264 e. The van der Waals surface area contributed by atoms with Gasteiger partial charge in [-0.1, -0.05) is 15.9 Å². The molecule has 0 saturated heterocycles. The molecule has 1 aromatic rings. The fourth-order valence-corrected chi connectivity index (χ4v) is 1.71. The van der Waals surface area contributed by atoms with E-state index in [-0.39, 0.29) is 0 Å². The summed E-state index contributed by atoms with van der Waals surface area (Å²) in [7, 11) is -3.51. The molecule has 0 bridgehead atoms. The van der Waals surface area contributed by atoms with Crippen molar-refractivity contribution >= 4 is 31.9 Å². The van der Waals surface area contributed by atoms with Crippen LogP contribution in [0.5, 0.6) is 0 Å². The molecule has 1 amide bonds. The highest BCUT2D eigenvalue weighted by molar-refractivity contribution is 9.10. The van der Waals surface area contributed by atoms with Gasteiger partial charge in [-0.3, -0.25) is 4.79 Å². The zero-order valence-electron chi connectivity index (χ0n) is 8.24. The summed E-state index contributed by atoms with van der Waals surface area (Å²) < 4.78 is 24.4. The third-order valence-corrected chi connectivity index (χ3v) is 3.14. The van der Waals surface area contributed by atoms with Crippen molar-refractivity contribution in [1.82, 2.24) is 4.72 Å². The summed E-state index contributed by atoms with van der Waals surface area (Å²) in [4.78, 5) is 11.4. The van der Waals surface area contributed by atoms with E-state index in [1.807, 2.05) is 11.6 Å². The minimum atomic E-state index is -3.51. The molecule has 0 fully saturated rings. The number of hydrogen-bond donors (Lipinski definition) is 1. The van der Waals surface area contributed by atoms with E-state index in [9.17, 15) is 13.2 Å². The van der Waals surface area contributed by atoms with Crippen molar-refractivity contribution in [2.24, 2.45) is 0 Å². The number of carbonyl (C=O) groups is 1. The van der Waals surface area contributed by atoms with Crippen molar-refractivity contribution in [1.29, 1.82) is 0 Å². The Morgan fingerprint density at radius 1 is 1.40 bits per heavy atom. The maximum absolute atomic E-state index is 11.4. The van der Waals surface area contributed by atoms with Crippen molar-refractivity contribution < 1.29 is 13.2 Å². The second kappa shape index (κ2) is 4.32. The average Bonchev–Trinajstić information content (AvgIpc) is 2.06. The number of benzene rings is 1. The molecule has 0 aliphatic carbocycles. The van der Waals surface area contributed by atoms with Crippen LogP contribution in [0.1, 0.15) is 15.9 Å². The average molecular weight is 292 g/mol. The van der Waals surface area contributed by atoms with Crippen LogP contribution in [-0.2, 0) is 10.0 Å². The molecule has 0 unspecified atom stereocenters. The van der Waals surface area contributed by atoms with Crippen molar-refractivity contribution in [3.63, 3.8) is 0 Å². The molecule has 0 radical (unpaired) electrons. The van der Waals surface area contributed by atoms with E-state index in [4.69, 9.17) is 0 Å². The molecule has 6 heteroatoms. The molecule has 82 valence electrons. The van der Waals surface area contributed by atoms with Gasteiger partial charge in [0.1, 0.15) is 0 Å². The number of halogens is 1. The Morgan fingerprint density at radius 2 is 2.00 bits per heavy atom. The lowest BCUT2D eigenvalue weighted by atomic mass is 10.1. The van der Waals surface area contributed by atoms with Gasteiger partial charge in [0.2, 0.25) is 10.0 Å². The maximum atomic E-state index is 11.4. The predicted molar refractivity (Wildman–Crippen MR) is 61.2 cm³/mol. The third kappa shape index (κ3) is 3.64. The fraction of sp³-hybridized carbons (Fsp3) is 0.222. The van der Waals surface area contributed by atoms with Crippen molar-refractivity contribution in [3.05, 3.63) is 33.8 Å². The molecule has 0 aromatic heterocycles. The Bertz CT molecular complexity index is 496. The minimum absolute atomic E-state index is 0.320. The highest BCUT2D eigenvalue weighted by Crippen LogP contribution is 2.16. The number of carbonyl (C=O) groups excluding carboxylic acids is 1. The lowest BCUT2D eigenvalue weighted by Crippen LogP contribution is -2.29. The zero-order valence-corrected chi connectivity index (χ0v) is 10.6. The molecule has 0 heterocycles. The summed E-state index contributed by atoms with van der Waals surface area (Å²) in [5.74, 6) is -0.617. The van der Waals surface area contributed by atoms with Crippen molar-refractivity contribution in [2.75, 3.05) is 6.26 Å². The first kappa shape index (κ1) is 12.2. The largest absolute Gasteiger partial charge is 0.268 e. The van der Waals surface area contributed by atoms with Gasteiger partial charge in [0.25, 0.3) is 5.91 Å². The Hall–Kier alpha value is -0.880. The van der Waals surface area contributed by atoms with Gasteiger partial charge in [0.15, 0.2) is 0 Å². The molecular weight excluding hydrogens is 282 g/mol. The first-order valence-electron chi connectivity index (χ1n) is 4.08. The first-order chi connectivity index (χ1) is 6.79. The van der Waals surface area contributed by atoms with Gasteiger partial charge in [-0.25, -0.2) is 13.1 Å². The fourth-order valence-electron chi connectivity index (χ4n) is 1.01. The first-order valence-corrected chi connectivity index (χ1v) is 6.76. The number of sulfonamides is 1. The molecule has 1 N–H and O–H groups in total. The Labute approximate surface area is 96.9 Å². The predicted octanol–water partition coefficient (Wildman–Crippen LogP) is 1.45. The summed E-state index contributed by atoms with van der Waals surface area (Å²) in [5, 5.41) is 0. The van der Waals surface area contributed by atoms with Gasteiger partial charge in [-0.15, -0.1) is 0 Å². The summed E-state index contributed by atoms with van der Waals surface area (Å²) in [5.41, 5.74) is 1.19. The van der Waals surface area contributed by atoms with Crippen LogP contribution in [0.15, 0.2) is 22.7 Å². The standard InChI is InChI=1S/C9H10BrNO3S/c1-6-5-7(3-4-8(6)10)9(12)11-15(2,13)14/h3-5H,1-2H3,(H,11,12). The molecule has 15 heavy (non-hydrogen) atoms. The normalized spacial score (nSPS) is 11.1. The van der Waals surface area contributed by atoms with Gasteiger partial charge >= 0.3 is 0 Å². The van der Waals surface area contributed by atoms with E-state index in [1.54, 1.807) is 18.2 Å². The number of rotatable bonds is 2. The quantitative estimate of drug-likeness (QED) is 0.897. The second-order valence-electron chi connectivity index (χ2n) is 3.17. The highest BCUT2D eigenvalue weighted by Gasteiger charge is 2.11. The van der Waals surface area contributed by atoms with Crippen LogP contribution >= 0.6 is 15.9 Å². The van der Waals surface area contributed by atoms with Crippen LogP contribution in [0.3, 0.4) is 0 Å². The monoisotopic (exact) mass is 291 g/mol. The topological polar surface area (TPSA) is 63.2 Å². The van der Waals surface area contributed by atoms with Crippen molar-refractivity contribution in [3.8, 4) is 0 Å². The number of aryl methyl sites for hydroxylation is 1. The van der Waals surface area contributed by atoms with Crippen LogP contribution < -0.4 is 4.72 Å². The number of amides is 1. The van der Waals surface area contributed by atoms with E-state index >= 15 is 0 Å². The van der Waals surface area contributed by atoms with Crippen LogP contribution in [0, 0.1) is 6.92 Å². The van der Waals surface area contributed by atoms with E-state index in [2.05, 4.69) is 15.9 Å². The van der Waals surface area contributed by atoms with E-state index in [0.717, 1.165) is 16.3 Å². The van der Waals surface area contributed by atoms with E-state index in [0.29, 0.717) is 5.56 Å². The lowest BCUT2D eigenvalue weighted by Gasteiger charge is -2.04. The Balaban J connectivity index is 2.98. The highest BCUT2D eigenvalue weighted by atomic mass is 79.9. The van der Waals surface area contributed by atoms with E-state index < -0.39 is 15.9 Å². The number of hydrogen-bond acceptors (Lipinski definition) is 3. The summed E-state index contributed by atoms with van der Waals surface area (Å²) in [6.07, 6.45) is 0.941. The lowest BCUT2D eigenvalue weighted by molar-refractivity contribution is 0.0981. The second-order valence-corrected chi connectivity index (χ2v) is 5.77. The van der Waals surface area contributed by atoms with Gasteiger partial charge < -0.3 is 0 Å². The van der Waals surface area contributed by atoms with Crippen molar-refractivity contribution in [2.45, 2.75) is 6.92 Å². The summed E-state index contributed by atoms with van der Waals surface area (Å²) in [6.45, 7) is 1.82. The van der Waals surface area contributed by atoms with Crippen LogP contribution in [0.4, 0.5) is 0 Å². The molecule has 1 aromatic carbocycles. The Kier molecular flexibility index (Phi) is 3.51. The van der Waals surface area contributed by atoms with Crippen LogP contribution in [-0.4, -0.2) is 20.6 Å². The number of nitrogens with one attached hydrogen (secondary N) is 1.